The van der Waals surface area contributed by atoms with Crippen LogP contribution in [0, 0.1) is 0 Å². The van der Waals surface area contributed by atoms with Crippen LogP contribution < -0.4 is 30.3 Å². The van der Waals surface area contributed by atoms with Crippen molar-refractivity contribution in [2.75, 3.05) is 41.5 Å². The van der Waals surface area contributed by atoms with Crippen molar-refractivity contribution >= 4 is 46.6 Å². The van der Waals surface area contributed by atoms with Gasteiger partial charge >= 0.3 is 6.03 Å². The van der Waals surface area contributed by atoms with Crippen molar-refractivity contribution in [1.82, 2.24) is 5.32 Å². The Bertz CT molecular complexity index is 1430. The van der Waals surface area contributed by atoms with Gasteiger partial charge in [0, 0.05) is 49.0 Å². The van der Waals surface area contributed by atoms with Crippen LogP contribution in [-0.2, 0) is 6.54 Å². The maximum atomic E-state index is 12.7. The lowest BCUT2D eigenvalue weighted by Crippen LogP contribution is -2.22. The fraction of sp³-hybridized carbons (Fsp3) is 0.133. The van der Waals surface area contributed by atoms with Crippen LogP contribution >= 0.6 is 11.9 Å². The zero-order valence-electron chi connectivity index (χ0n) is 22.0. The third kappa shape index (κ3) is 7.93. The lowest BCUT2D eigenvalue weighted by atomic mass is 10.2. The van der Waals surface area contributed by atoms with Crippen LogP contribution in [0.4, 0.5) is 27.5 Å². The van der Waals surface area contributed by atoms with Gasteiger partial charge in [0.2, 0.25) is 0 Å². The van der Waals surface area contributed by atoms with E-state index in [0.29, 0.717) is 29.2 Å². The fourth-order valence-electron chi connectivity index (χ4n) is 3.71. The van der Waals surface area contributed by atoms with Gasteiger partial charge in [-0.15, -0.1) is 0 Å². The van der Waals surface area contributed by atoms with E-state index in [4.69, 9.17) is 4.74 Å². The number of carbonyl (C=O) groups is 2. The summed E-state index contributed by atoms with van der Waals surface area (Å²) in [4.78, 5) is 28.0. The molecule has 0 aliphatic rings. The molecule has 0 fully saturated rings. The lowest BCUT2D eigenvalue weighted by Gasteiger charge is -2.15. The van der Waals surface area contributed by atoms with Gasteiger partial charge in [0.15, 0.2) is 0 Å². The molecule has 200 valence electrons. The molecule has 4 aromatic rings. The van der Waals surface area contributed by atoms with Crippen LogP contribution in [0.2, 0.25) is 0 Å². The molecule has 0 atom stereocenters. The minimum Gasteiger partial charge on any atom is -0.496 e. The zero-order valence-corrected chi connectivity index (χ0v) is 22.8. The number of nitrogens with one attached hydrogen (secondary N) is 4. The number of amides is 3. The van der Waals surface area contributed by atoms with Gasteiger partial charge in [0.05, 0.1) is 12.0 Å². The third-order valence-electron chi connectivity index (χ3n) is 5.74. The molecule has 0 bridgehead atoms. The highest BCUT2D eigenvalue weighted by Gasteiger charge is 2.12. The molecule has 0 heterocycles. The Kier molecular flexibility index (Phi) is 9.31. The molecule has 0 radical (unpaired) electrons. The first-order valence-corrected chi connectivity index (χ1v) is 13.1. The third-order valence-corrected chi connectivity index (χ3v) is 6.62. The van der Waals surface area contributed by atoms with Gasteiger partial charge < -0.3 is 30.3 Å². The Morgan fingerprint density at radius 2 is 1.49 bits per heavy atom. The summed E-state index contributed by atoms with van der Waals surface area (Å²) >= 11 is 1.32. The molecule has 4 aromatic carbocycles. The number of nitrogens with zero attached hydrogens (tertiary/aromatic N) is 1. The number of anilines is 4. The Morgan fingerprint density at radius 1 is 0.795 bits per heavy atom. The number of hydrogen-bond donors (Lipinski definition) is 4. The van der Waals surface area contributed by atoms with Crippen molar-refractivity contribution in [2.24, 2.45) is 0 Å². The number of methoxy groups -OCH3 is 1. The quantitative estimate of drug-likeness (QED) is 0.172. The van der Waals surface area contributed by atoms with Gasteiger partial charge in [0.25, 0.3) is 5.91 Å². The molecule has 39 heavy (non-hydrogen) atoms. The van der Waals surface area contributed by atoms with Crippen molar-refractivity contribution < 1.29 is 14.3 Å². The van der Waals surface area contributed by atoms with Gasteiger partial charge in [0.1, 0.15) is 5.75 Å². The molecule has 0 aliphatic carbocycles. The minimum atomic E-state index is -0.341. The number of benzene rings is 4. The monoisotopic (exact) mass is 541 g/mol. The molecule has 4 N–H and O–H groups in total. The van der Waals surface area contributed by atoms with E-state index < -0.39 is 0 Å². The van der Waals surface area contributed by atoms with Crippen LogP contribution in [0.1, 0.15) is 15.9 Å². The zero-order chi connectivity index (χ0) is 27.6. The Balaban J connectivity index is 1.37. The lowest BCUT2D eigenvalue weighted by molar-refractivity contribution is 0.0950. The van der Waals surface area contributed by atoms with Crippen LogP contribution in [0.15, 0.2) is 102 Å². The van der Waals surface area contributed by atoms with Crippen molar-refractivity contribution in [3.63, 3.8) is 0 Å². The minimum absolute atomic E-state index is 0.170. The highest BCUT2D eigenvalue weighted by atomic mass is 32.2. The summed E-state index contributed by atoms with van der Waals surface area (Å²) in [5.41, 5.74) is 4.64. The summed E-state index contributed by atoms with van der Waals surface area (Å²) in [6, 6.07) is 29.7. The molecule has 0 saturated carbocycles. The van der Waals surface area contributed by atoms with Crippen molar-refractivity contribution in [3.8, 4) is 5.75 Å². The van der Waals surface area contributed by atoms with Crippen molar-refractivity contribution in [1.29, 1.82) is 0 Å². The first kappa shape index (κ1) is 27.4. The summed E-state index contributed by atoms with van der Waals surface area (Å²) in [6.45, 7) is 0.445. The molecule has 0 aliphatic heterocycles. The number of hydrogen-bond acceptors (Lipinski definition) is 6. The molecule has 0 unspecified atom stereocenters. The predicted molar refractivity (Wildman–Crippen MR) is 160 cm³/mol. The average molecular weight is 542 g/mol. The highest BCUT2D eigenvalue weighted by molar-refractivity contribution is 8.00. The van der Waals surface area contributed by atoms with Crippen molar-refractivity contribution in [3.05, 3.63) is 108 Å². The first-order chi connectivity index (χ1) is 18.9. The van der Waals surface area contributed by atoms with E-state index in [0.717, 1.165) is 21.8 Å². The SMILES string of the molecule is COc1ccc(C(=O)NCc2ccccc2)cc1SNc1cccc(NC(=O)Nc2cccc(N(C)C)c2)c1. The van der Waals surface area contributed by atoms with Gasteiger partial charge in [-0.2, -0.15) is 0 Å². The molecule has 9 heteroatoms. The molecular formula is C30H31N5O3S. The average Bonchev–Trinajstić information content (AvgIpc) is 2.95. The van der Waals surface area contributed by atoms with Crippen LogP contribution in [0.3, 0.4) is 0 Å². The highest BCUT2D eigenvalue weighted by Crippen LogP contribution is 2.32. The van der Waals surface area contributed by atoms with E-state index in [9.17, 15) is 9.59 Å². The van der Waals surface area contributed by atoms with Crippen molar-refractivity contribution in [2.45, 2.75) is 11.4 Å². The number of ether oxygens (including phenoxy) is 1. The molecule has 0 saturated heterocycles. The summed E-state index contributed by atoms with van der Waals surface area (Å²) < 4.78 is 8.76. The standard InChI is InChI=1S/C30H31N5O3S/c1-35(2)26-14-8-12-24(19-26)33-30(37)32-23-11-7-13-25(18-23)34-39-28-17-22(15-16-27(28)38-3)29(36)31-20-21-9-5-4-6-10-21/h4-19,34H,20H2,1-3H3,(H,31,36)(H2,32,33,37). The Hall–Kier alpha value is -4.63. The van der Waals surface area contributed by atoms with E-state index in [1.54, 1.807) is 25.3 Å². The predicted octanol–water partition coefficient (Wildman–Crippen LogP) is 6.45. The molecule has 0 aromatic heterocycles. The molecule has 4 rings (SSSR count). The normalized spacial score (nSPS) is 10.3. The maximum Gasteiger partial charge on any atom is 0.323 e. The molecule has 8 nitrogen and oxygen atoms in total. The molecular weight excluding hydrogens is 510 g/mol. The van der Waals surface area contributed by atoms with Gasteiger partial charge in [-0.1, -0.05) is 42.5 Å². The summed E-state index contributed by atoms with van der Waals surface area (Å²) in [5, 5.41) is 8.67. The molecule has 0 spiro atoms. The van der Waals surface area contributed by atoms with Crippen LogP contribution in [0.5, 0.6) is 5.75 Å². The van der Waals surface area contributed by atoms with E-state index in [-0.39, 0.29) is 11.9 Å². The topological polar surface area (TPSA) is 94.7 Å². The van der Waals surface area contributed by atoms with Crippen LogP contribution in [0.25, 0.3) is 0 Å². The second kappa shape index (κ2) is 13.3. The van der Waals surface area contributed by atoms with E-state index in [2.05, 4.69) is 20.7 Å². The number of carbonyl (C=O) groups excluding carboxylic acids is 2. The Labute approximate surface area is 232 Å². The van der Waals surface area contributed by atoms with E-state index in [1.807, 2.05) is 97.9 Å². The number of rotatable bonds is 10. The second-order valence-electron chi connectivity index (χ2n) is 8.84. The molecule has 3 amide bonds. The largest absolute Gasteiger partial charge is 0.496 e. The maximum absolute atomic E-state index is 12.7. The Morgan fingerprint density at radius 3 is 2.21 bits per heavy atom. The summed E-state index contributed by atoms with van der Waals surface area (Å²) in [5.74, 6) is 0.470. The van der Waals surface area contributed by atoms with Crippen LogP contribution in [-0.4, -0.2) is 33.1 Å². The summed E-state index contributed by atoms with van der Waals surface area (Å²) in [6.07, 6.45) is 0. The van der Waals surface area contributed by atoms with Gasteiger partial charge in [-0.05, 0) is 72.1 Å². The van der Waals surface area contributed by atoms with E-state index in [1.165, 1.54) is 11.9 Å². The van der Waals surface area contributed by atoms with Gasteiger partial charge in [-0.25, -0.2) is 4.79 Å². The first-order valence-electron chi connectivity index (χ1n) is 12.3. The van der Waals surface area contributed by atoms with Gasteiger partial charge in [-0.3, -0.25) is 4.79 Å². The number of urea groups is 1. The fourth-order valence-corrected chi connectivity index (χ4v) is 4.50. The smallest absolute Gasteiger partial charge is 0.323 e. The second-order valence-corrected chi connectivity index (χ2v) is 9.69. The summed E-state index contributed by atoms with van der Waals surface area (Å²) in [7, 11) is 5.48. The van der Waals surface area contributed by atoms with E-state index >= 15 is 0 Å².